The van der Waals surface area contributed by atoms with Gasteiger partial charge in [-0.3, -0.25) is 0 Å². The fourth-order valence-corrected chi connectivity index (χ4v) is 2.40. The Kier molecular flexibility index (Phi) is 5.86. The van der Waals surface area contributed by atoms with Crippen molar-refractivity contribution in [2.75, 3.05) is 13.7 Å². The molecule has 2 rings (SSSR count). The van der Waals surface area contributed by atoms with Crippen LogP contribution >= 0.6 is 0 Å². The SMILES string of the molecule is CCCC(C)OC(CNC1CC1)c1cccc(OC)c1. The van der Waals surface area contributed by atoms with Crippen molar-refractivity contribution >= 4 is 0 Å². The molecule has 3 nitrogen and oxygen atoms in total. The summed E-state index contributed by atoms with van der Waals surface area (Å²) in [6.07, 6.45) is 5.25. The van der Waals surface area contributed by atoms with Crippen molar-refractivity contribution < 1.29 is 9.47 Å². The van der Waals surface area contributed by atoms with Crippen LogP contribution < -0.4 is 10.1 Å². The van der Waals surface area contributed by atoms with E-state index in [2.05, 4.69) is 31.3 Å². The number of ether oxygens (including phenoxy) is 2. The van der Waals surface area contributed by atoms with Crippen molar-refractivity contribution in [3.8, 4) is 5.75 Å². The van der Waals surface area contributed by atoms with Crippen LogP contribution in [0.2, 0.25) is 0 Å². The van der Waals surface area contributed by atoms with Gasteiger partial charge in [0.05, 0.1) is 19.3 Å². The maximum Gasteiger partial charge on any atom is 0.119 e. The molecule has 0 radical (unpaired) electrons. The summed E-state index contributed by atoms with van der Waals surface area (Å²) in [7, 11) is 1.71. The first-order chi connectivity index (χ1) is 9.72. The third-order valence-corrected chi connectivity index (χ3v) is 3.73. The average molecular weight is 277 g/mol. The van der Waals surface area contributed by atoms with Gasteiger partial charge in [0.25, 0.3) is 0 Å². The largest absolute Gasteiger partial charge is 0.497 e. The molecule has 1 aliphatic rings. The zero-order chi connectivity index (χ0) is 14.4. The van der Waals surface area contributed by atoms with E-state index in [9.17, 15) is 0 Å². The molecule has 1 aromatic carbocycles. The Bertz CT molecular complexity index is 404. The first-order valence-corrected chi connectivity index (χ1v) is 7.75. The molecule has 2 atom stereocenters. The van der Waals surface area contributed by atoms with E-state index in [1.807, 2.05) is 12.1 Å². The fraction of sp³-hybridized carbons (Fsp3) is 0.647. The van der Waals surface area contributed by atoms with E-state index in [1.165, 1.54) is 18.4 Å². The van der Waals surface area contributed by atoms with E-state index in [-0.39, 0.29) is 12.2 Å². The minimum Gasteiger partial charge on any atom is -0.497 e. The highest BCUT2D eigenvalue weighted by atomic mass is 16.5. The van der Waals surface area contributed by atoms with Crippen LogP contribution in [0.25, 0.3) is 0 Å². The third kappa shape index (κ3) is 4.80. The smallest absolute Gasteiger partial charge is 0.119 e. The lowest BCUT2D eigenvalue weighted by Crippen LogP contribution is -2.27. The van der Waals surface area contributed by atoms with Crippen LogP contribution in [0.1, 0.15) is 51.2 Å². The zero-order valence-corrected chi connectivity index (χ0v) is 12.9. The Hall–Kier alpha value is -1.06. The number of benzene rings is 1. The van der Waals surface area contributed by atoms with Crippen LogP contribution in [0.15, 0.2) is 24.3 Å². The summed E-state index contributed by atoms with van der Waals surface area (Å²) in [5.74, 6) is 0.894. The summed E-state index contributed by atoms with van der Waals surface area (Å²) in [6, 6.07) is 8.92. The highest BCUT2D eigenvalue weighted by Crippen LogP contribution is 2.26. The molecule has 1 N–H and O–H groups in total. The molecule has 0 bridgehead atoms. The van der Waals surface area contributed by atoms with Gasteiger partial charge < -0.3 is 14.8 Å². The van der Waals surface area contributed by atoms with Crippen LogP contribution in [-0.2, 0) is 4.74 Å². The maximum atomic E-state index is 6.24. The highest BCUT2D eigenvalue weighted by molar-refractivity contribution is 5.30. The molecule has 1 saturated carbocycles. The second-order valence-corrected chi connectivity index (χ2v) is 5.68. The number of hydrogen-bond acceptors (Lipinski definition) is 3. The van der Waals surface area contributed by atoms with Crippen LogP contribution in [0, 0.1) is 0 Å². The molecule has 20 heavy (non-hydrogen) atoms. The second-order valence-electron chi connectivity index (χ2n) is 5.68. The summed E-state index contributed by atoms with van der Waals surface area (Å²) in [5.41, 5.74) is 1.19. The lowest BCUT2D eigenvalue weighted by molar-refractivity contribution is -0.00749. The number of rotatable bonds is 9. The van der Waals surface area contributed by atoms with E-state index >= 15 is 0 Å². The molecule has 0 saturated heterocycles. The molecule has 0 heterocycles. The van der Waals surface area contributed by atoms with Crippen molar-refractivity contribution in [1.29, 1.82) is 0 Å². The summed E-state index contributed by atoms with van der Waals surface area (Å²) in [4.78, 5) is 0. The fourth-order valence-electron chi connectivity index (χ4n) is 2.40. The molecular formula is C17H27NO2. The van der Waals surface area contributed by atoms with Crippen LogP contribution in [0.3, 0.4) is 0 Å². The molecule has 3 heteroatoms. The van der Waals surface area contributed by atoms with Crippen molar-refractivity contribution in [1.82, 2.24) is 5.32 Å². The van der Waals surface area contributed by atoms with E-state index < -0.39 is 0 Å². The maximum absolute atomic E-state index is 6.24. The van der Waals surface area contributed by atoms with E-state index in [0.717, 1.165) is 25.1 Å². The first kappa shape index (κ1) is 15.3. The zero-order valence-electron chi connectivity index (χ0n) is 12.9. The van der Waals surface area contributed by atoms with Gasteiger partial charge in [-0.2, -0.15) is 0 Å². The van der Waals surface area contributed by atoms with Gasteiger partial charge in [-0.1, -0.05) is 25.5 Å². The Morgan fingerprint density at radius 2 is 2.15 bits per heavy atom. The van der Waals surface area contributed by atoms with Crippen molar-refractivity contribution in [3.05, 3.63) is 29.8 Å². The molecule has 1 aromatic rings. The Balaban J connectivity index is 2.02. The Morgan fingerprint density at radius 1 is 1.35 bits per heavy atom. The summed E-state index contributed by atoms with van der Waals surface area (Å²) >= 11 is 0. The Morgan fingerprint density at radius 3 is 2.80 bits per heavy atom. The second kappa shape index (κ2) is 7.65. The van der Waals surface area contributed by atoms with Gasteiger partial charge >= 0.3 is 0 Å². The van der Waals surface area contributed by atoms with Crippen LogP contribution in [0.4, 0.5) is 0 Å². The highest BCUT2D eigenvalue weighted by Gasteiger charge is 2.23. The van der Waals surface area contributed by atoms with E-state index in [4.69, 9.17) is 9.47 Å². The predicted molar refractivity (Wildman–Crippen MR) is 82.2 cm³/mol. The monoisotopic (exact) mass is 277 g/mol. The summed E-state index contributed by atoms with van der Waals surface area (Å²) in [6.45, 7) is 5.24. The normalized spacial score (nSPS) is 17.8. The topological polar surface area (TPSA) is 30.5 Å². The third-order valence-electron chi connectivity index (χ3n) is 3.73. The molecule has 0 aromatic heterocycles. The minimum atomic E-state index is 0.104. The Labute approximate surface area is 122 Å². The van der Waals surface area contributed by atoms with E-state index in [1.54, 1.807) is 7.11 Å². The lowest BCUT2D eigenvalue weighted by Gasteiger charge is -2.23. The first-order valence-electron chi connectivity index (χ1n) is 7.75. The summed E-state index contributed by atoms with van der Waals surface area (Å²) < 4.78 is 11.6. The molecular weight excluding hydrogens is 250 g/mol. The van der Waals surface area contributed by atoms with Gasteiger partial charge in [-0.25, -0.2) is 0 Å². The van der Waals surface area contributed by atoms with Gasteiger partial charge in [0.1, 0.15) is 5.75 Å². The molecule has 2 unspecified atom stereocenters. The molecule has 0 spiro atoms. The van der Waals surface area contributed by atoms with Gasteiger partial charge in [0.2, 0.25) is 0 Å². The van der Waals surface area contributed by atoms with Gasteiger partial charge in [-0.15, -0.1) is 0 Å². The average Bonchev–Trinajstić information content (AvgIpc) is 3.28. The van der Waals surface area contributed by atoms with Crippen LogP contribution in [-0.4, -0.2) is 25.8 Å². The standard InChI is InChI=1S/C17H27NO2/c1-4-6-13(2)20-17(12-18-15-9-10-15)14-7-5-8-16(11-14)19-3/h5,7-8,11,13,15,17-18H,4,6,9-10,12H2,1-3H3. The molecule has 0 amide bonds. The predicted octanol–water partition coefficient (Wildman–Crippen LogP) is 3.69. The summed E-state index contributed by atoms with van der Waals surface area (Å²) in [5, 5.41) is 3.57. The molecule has 112 valence electrons. The number of nitrogens with one attached hydrogen (secondary N) is 1. The number of hydrogen-bond donors (Lipinski definition) is 1. The van der Waals surface area contributed by atoms with Crippen molar-refractivity contribution in [3.63, 3.8) is 0 Å². The molecule has 1 fully saturated rings. The molecule has 1 aliphatic carbocycles. The van der Waals surface area contributed by atoms with Gasteiger partial charge in [0, 0.05) is 12.6 Å². The van der Waals surface area contributed by atoms with Crippen LogP contribution in [0.5, 0.6) is 5.75 Å². The van der Waals surface area contributed by atoms with Crippen molar-refractivity contribution in [2.45, 2.75) is 57.8 Å². The quantitative estimate of drug-likeness (QED) is 0.746. The number of methoxy groups -OCH3 is 1. The van der Waals surface area contributed by atoms with Crippen molar-refractivity contribution in [2.24, 2.45) is 0 Å². The lowest BCUT2D eigenvalue weighted by atomic mass is 10.1. The van der Waals surface area contributed by atoms with E-state index in [0.29, 0.717) is 6.04 Å². The van der Waals surface area contributed by atoms with Gasteiger partial charge in [-0.05, 0) is 43.9 Å². The van der Waals surface area contributed by atoms with Gasteiger partial charge in [0.15, 0.2) is 0 Å². The minimum absolute atomic E-state index is 0.104. The molecule has 0 aliphatic heterocycles.